The van der Waals surface area contributed by atoms with Crippen LogP contribution in [0.2, 0.25) is 0 Å². The molecule has 32 heavy (non-hydrogen) atoms. The van der Waals surface area contributed by atoms with E-state index >= 15 is 0 Å². The number of nitrogens with zero attached hydrogens (tertiary/aromatic N) is 1. The Hall–Kier alpha value is -4.13. The molecule has 0 aliphatic carbocycles. The summed E-state index contributed by atoms with van der Waals surface area (Å²) in [5.41, 5.74) is 1.55. The number of methoxy groups -OCH3 is 1. The van der Waals surface area contributed by atoms with Crippen LogP contribution in [0.3, 0.4) is 0 Å². The average molecular weight is 432 g/mol. The van der Waals surface area contributed by atoms with Gasteiger partial charge in [0.2, 0.25) is 0 Å². The van der Waals surface area contributed by atoms with Crippen molar-refractivity contribution in [3.8, 4) is 11.5 Å². The molecule has 0 aromatic heterocycles. The van der Waals surface area contributed by atoms with Gasteiger partial charge in [-0.05, 0) is 55.0 Å². The molecular formula is C25H21FN2O4. The van der Waals surface area contributed by atoms with Crippen molar-refractivity contribution >= 4 is 28.8 Å². The molecule has 0 spiro atoms. The Balaban J connectivity index is 1.79. The maximum absolute atomic E-state index is 13.8. The lowest BCUT2D eigenvalue weighted by Crippen LogP contribution is -2.32. The van der Waals surface area contributed by atoms with Crippen molar-refractivity contribution in [2.24, 2.45) is 0 Å². The normalized spacial score (nSPS) is 13.5. The number of ether oxygens (including phenoxy) is 2. The lowest BCUT2D eigenvalue weighted by atomic mass is 10.0. The van der Waals surface area contributed by atoms with E-state index in [9.17, 15) is 14.0 Å². The highest BCUT2D eigenvalue weighted by molar-refractivity contribution is 6.46. The number of carbonyl (C=O) groups is 2. The van der Waals surface area contributed by atoms with Gasteiger partial charge in [0.05, 0.1) is 25.0 Å². The third-order valence-electron chi connectivity index (χ3n) is 4.94. The fourth-order valence-electron chi connectivity index (χ4n) is 3.49. The van der Waals surface area contributed by atoms with Gasteiger partial charge in [-0.3, -0.25) is 9.59 Å². The summed E-state index contributed by atoms with van der Waals surface area (Å²) < 4.78 is 24.6. The van der Waals surface area contributed by atoms with E-state index in [-0.39, 0.29) is 17.0 Å². The monoisotopic (exact) mass is 432 g/mol. The van der Waals surface area contributed by atoms with Crippen molar-refractivity contribution in [1.82, 2.24) is 0 Å². The molecule has 3 aromatic rings. The quantitative estimate of drug-likeness (QED) is 0.552. The number of rotatable bonds is 7. The van der Waals surface area contributed by atoms with Crippen LogP contribution in [0.1, 0.15) is 12.5 Å². The van der Waals surface area contributed by atoms with Crippen LogP contribution in [0.4, 0.5) is 15.8 Å². The minimum Gasteiger partial charge on any atom is -0.497 e. The van der Waals surface area contributed by atoms with E-state index in [0.29, 0.717) is 29.4 Å². The molecule has 0 unspecified atom stereocenters. The van der Waals surface area contributed by atoms with Gasteiger partial charge < -0.3 is 14.8 Å². The molecule has 1 aliphatic rings. The molecule has 0 radical (unpaired) electrons. The molecule has 1 aliphatic heterocycles. The molecule has 1 heterocycles. The summed E-state index contributed by atoms with van der Waals surface area (Å²) in [4.78, 5) is 27.7. The summed E-state index contributed by atoms with van der Waals surface area (Å²) in [5.74, 6) is -0.419. The highest BCUT2D eigenvalue weighted by Gasteiger charge is 2.40. The molecule has 0 saturated heterocycles. The van der Waals surface area contributed by atoms with Crippen molar-refractivity contribution in [2.45, 2.75) is 6.92 Å². The minimum atomic E-state index is -0.577. The van der Waals surface area contributed by atoms with E-state index in [1.165, 1.54) is 18.2 Å². The Bertz CT molecular complexity index is 1200. The fourth-order valence-corrected chi connectivity index (χ4v) is 3.49. The van der Waals surface area contributed by atoms with Crippen LogP contribution in [0.15, 0.2) is 78.5 Å². The Kier molecular flexibility index (Phi) is 5.89. The summed E-state index contributed by atoms with van der Waals surface area (Å²) in [6, 6.07) is 19.3. The van der Waals surface area contributed by atoms with E-state index in [1.54, 1.807) is 55.6 Å². The Morgan fingerprint density at radius 3 is 2.34 bits per heavy atom. The van der Waals surface area contributed by atoms with Gasteiger partial charge in [-0.15, -0.1) is 0 Å². The third-order valence-corrected chi connectivity index (χ3v) is 4.94. The average Bonchev–Trinajstić information content (AvgIpc) is 3.04. The lowest BCUT2D eigenvalue weighted by Gasteiger charge is -2.15. The predicted molar refractivity (Wildman–Crippen MR) is 120 cm³/mol. The first-order valence-corrected chi connectivity index (χ1v) is 10.0. The molecule has 1 N–H and O–H groups in total. The molecule has 0 atom stereocenters. The highest BCUT2D eigenvalue weighted by atomic mass is 19.1. The van der Waals surface area contributed by atoms with Gasteiger partial charge in [-0.2, -0.15) is 0 Å². The fraction of sp³-hybridized carbons (Fsp3) is 0.120. The summed E-state index contributed by atoms with van der Waals surface area (Å²) >= 11 is 0. The summed E-state index contributed by atoms with van der Waals surface area (Å²) in [7, 11) is 1.54. The summed E-state index contributed by atoms with van der Waals surface area (Å²) in [6.07, 6.45) is 0. The molecule has 2 amide bonds. The number of hydrogen-bond donors (Lipinski definition) is 1. The molecule has 0 bridgehead atoms. The Morgan fingerprint density at radius 1 is 0.906 bits per heavy atom. The molecule has 3 aromatic carbocycles. The van der Waals surface area contributed by atoms with Crippen molar-refractivity contribution in [3.63, 3.8) is 0 Å². The number of imide groups is 1. The smallest absolute Gasteiger partial charge is 0.282 e. The van der Waals surface area contributed by atoms with E-state index in [2.05, 4.69) is 5.32 Å². The highest BCUT2D eigenvalue weighted by Crippen LogP contribution is 2.35. The van der Waals surface area contributed by atoms with E-state index in [0.717, 1.165) is 11.0 Å². The lowest BCUT2D eigenvalue weighted by molar-refractivity contribution is -0.120. The van der Waals surface area contributed by atoms with Gasteiger partial charge in [-0.25, -0.2) is 9.29 Å². The predicted octanol–water partition coefficient (Wildman–Crippen LogP) is 4.63. The minimum absolute atomic E-state index is 0.0941. The van der Waals surface area contributed by atoms with Crippen molar-refractivity contribution in [2.75, 3.05) is 23.9 Å². The third kappa shape index (κ3) is 4.05. The van der Waals surface area contributed by atoms with Crippen LogP contribution in [-0.4, -0.2) is 25.5 Å². The maximum Gasteiger partial charge on any atom is 0.282 e. The molecule has 162 valence electrons. The summed E-state index contributed by atoms with van der Waals surface area (Å²) in [5, 5.41) is 3.06. The van der Waals surface area contributed by atoms with E-state index in [1.807, 2.05) is 6.92 Å². The molecule has 0 saturated carbocycles. The topological polar surface area (TPSA) is 67.9 Å². The molecular weight excluding hydrogens is 411 g/mol. The van der Waals surface area contributed by atoms with Crippen molar-refractivity contribution in [3.05, 3.63) is 89.9 Å². The number of carbonyl (C=O) groups excluding carboxylic acids is 2. The van der Waals surface area contributed by atoms with Crippen LogP contribution in [-0.2, 0) is 9.59 Å². The van der Waals surface area contributed by atoms with Gasteiger partial charge in [0, 0.05) is 11.8 Å². The van der Waals surface area contributed by atoms with Gasteiger partial charge in [0.25, 0.3) is 11.8 Å². The first-order valence-electron chi connectivity index (χ1n) is 10.0. The van der Waals surface area contributed by atoms with E-state index in [4.69, 9.17) is 9.47 Å². The first-order chi connectivity index (χ1) is 15.5. The van der Waals surface area contributed by atoms with Gasteiger partial charge >= 0.3 is 0 Å². The second-order valence-electron chi connectivity index (χ2n) is 6.99. The van der Waals surface area contributed by atoms with Crippen LogP contribution < -0.4 is 19.7 Å². The molecule has 4 rings (SSSR count). The van der Waals surface area contributed by atoms with Crippen LogP contribution in [0.25, 0.3) is 5.57 Å². The number of benzene rings is 3. The SMILES string of the molecule is CCOc1ccc(C2=C(Nc3cccc(OC)c3)C(=O)N(c3cccc(F)c3)C2=O)cc1. The molecule has 7 heteroatoms. The second kappa shape index (κ2) is 8.93. The zero-order valence-corrected chi connectivity index (χ0v) is 17.6. The zero-order valence-electron chi connectivity index (χ0n) is 17.6. The van der Waals surface area contributed by atoms with E-state index < -0.39 is 17.6 Å². The van der Waals surface area contributed by atoms with Crippen molar-refractivity contribution in [1.29, 1.82) is 0 Å². The van der Waals surface area contributed by atoms with Crippen LogP contribution >= 0.6 is 0 Å². The first kappa shape index (κ1) is 21.1. The summed E-state index contributed by atoms with van der Waals surface area (Å²) in [6.45, 7) is 2.39. The largest absolute Gasteiger partial charge is 0.497 e. The zero-order chi connectivity index (χ0) is 22.7. The number of hydrogen-bond acceptors (Lipinski definition) is 5. The van der Waals surface area contributed by atoms with Crippen LogP contribution in [0.5, 0.6) is 11.5 Å². The number of halogens is 1. The van der Waals surface area contributed by atoms with Crippen molar-refractivity contribution < 1.29 is 23.5 Å². The Morgan fingerprint density at radius 2 is 1.66 bits per heavy atom. The molecule has 0 fully saturated rings. The molecule has 6 nitrogen and oxygen atoms in total. The van der Waals surface area contributed by atoms with Crippen LogP contribution in [0, 0.1) is 5.82 Å². The standard InChI is InChI=1S/C25H21FN2O4/c1-3-32-20-12-10-16(11-13-20)22-23(27-18-7-5-9-21(15-18)31-2)25(30)28(24(22)29)19-8-4-6-17(26)14-19/h4-15,27H,3H2,1-2H3. The number of nitrogens with one attached hydrogen (secondary N) is 1. The number of amides is 2. The van der Waals surface area contributed by atoms with Gasteiger partial charge in [-0.1, -0.05) is 24.3 Å². The number of anilines is 2. The second-order valence-corrected chi connectivity index (χ2v) is 6.99. The van der Waals surface area contributed by atoms with Gasteiger partial charge in [0.15, 0.2) is 0 Å². The Labute approximate surface area is 184 Å². The van der Waals surface area contributed by atoms with Gasteiger partial charge in [0.1, 0.15) is 23.0 Å². The maximum atomic E-state index is 13.8.